The van der Waals surface area contributed by atoms with Crippen LogP contribution in [0.3, 0.4) is 0 Å². The smallest absolute Gasteiger partial charge is 0.253 e. The highest BCUT2D eigenvalue weighted by atomic mass is 35.5. The molecule has 150 valence electrons. The Hall–Kier alpha value is -2.30. The molecule has 2 aromatic carbocycles. The van der Waals surface area contributed by atoms with Crippen molar-refractivity contribution in [3.63, 3.8) is 0 Å². The number of fused-ring (bicyclic) bond motifs is 3. The lowest BCUT2D eigenvalue weighted by molar-refractivity contribution is 0.0858. The second-order valence-electron chi connectivity index (χ2n) is 8.15. The van der Waals surface area contributed by atoms with Crippen LogP contribution in [-0.2, 0) is 4.74 Å². The summed E-state index contributed by atoms with van der Waals surface area (Å²) in [5.41, 5.74) is 4.00. The summed E-state index contributed by atoms with van der Waals surface area (Å²) in [6, 6.07) is 14.2. The first-order valence-corrected chi connectivity index (χ1v) is 10.8. The SMILES string of the molecule is O=C(NCC1CCCO1)c1cccc2c1NC(c1cccc(Cl)c1)C1CC=CC21. The van der Waals surface area contributed by atoms with E-state index in [4.69, 9.17) is 16.3 Å². The molecule has 0 radical (unpaired) electrons. The van der Waals surface area contributed by atoms with Gasteiger partial charge in [-0.25, -0.2) is 0 Å². The number of carbonyl (C=O) groups is 1. The zero-order chi connectivity index (χ0) is 19.8. The first kappa shape index (κ1) is 18.7. The number of ether oxygens (including phenoxy) is 1. The van der Waals surface area contributed by atoms with E-state index in [2.05, 4.69) is 34.9 Å². The van der Waals surface area contributed by atoms with Gasteiger partial charge in [-0.3, -0.25) is 4.79 Å². The van der Waals surface area contributed by atoms with Crippen LogP contribution < -0.4 is 10.6 Å². The van der Waals surface area contributed by atoms with Gasteiger partial charge in [-0.05, 0) is 54.5 Å². The maximum absolute atomic E-state index is 13.0. The van der Waals surface area contributed by atoms with Crippen LogP contribution in [0.25, 0.3) is 0 Å². The zero-order valence-corrected chi connectivity index (χ0v) is 17.0. The van der Waals surface area contributed by atoms with Crippen LogP contribution in [0.1, 0.15) is 52.7 Å². The summed E-state index contributed by atoms with van der Waals surface area (Å²) in [5.74, 6) is 0.683. The second-order valence-corrected chi connectivity index (χ2v) is 8.58. The molecule has 3 aliphatic rings. The third-order valence-corrected chi connectivity index (χ3v) is 6.60. The summed E-state index contributed by atoms with van der Waals surface area (Å²) >= 11 is 6.27. The van der Waals surface area contributed by atoms with Crippen molar-refractivity contribution in [1.29, 1.82) is 0 Å². The number of para-hydroxylation sites is 1. The number of allylic oxidation sites excluding steroid dienone is 2. The van der Waals surface area contributed by atoms with E-state index in [1.54, 1.807) is 0 Å². The predicted molar refractivity (Wildman–Crippen MR) is 116 cm³/mol. The maximum atomic E-state index is 13.0. The van der Waals surface area contributed by atoms with Crippen LogP contribution in [-0.4, -0.2) is 25.2 Å². The van der Waals surface area contributed by atoms with Crippen LogP contribution in [0.5, 0.6) is 0 Å². The summed E-state index contributed by atoms with van der Waals surface area (Å²) in [4.78, 5) is 13.0. The van der Waals surface area contributed by atoms with Gasteiger partial charge in [0.05, 0.1) is 23.4 Å². The summed E-state index contributed by atoms with van der Waals surface area (Å²) in [7, 11) is 0. The van der Waals surface area contributed by atoms with Crippen molar-refractivity contribution in [1.82, 2.24) is 5.32 Å². The summed E-state index contributed by atoms with van der Waals surface area (Å²) < 4.78 is 5.64. The maximum Gasteiger partial charge on any atom is 0.253 e. The molecule has 2 aromatic rings. The van der Waals surface area contributed by atoms with E-state index in [-0.39, 0.29) is 18.1 Å². The molecule has 1 saturated heterocycles. The van der Waals surface area contributed by atoms with E-state index in [0.29, 0.717) is 23.9 Å². The van der Waals surface area contributed by atoms with Crippen molar-refractivity contribution >= 4 is 23.2 Å². The Morgan fingerprint density at radius 3 is 2.97 bits per heavy atom. The van der Waals surface area contributed by atoms with Crippen molar-refractivity contribution in [3.05, 3.63) is 76.3 Å². The molecule has 0 aromatic heterocycles. The van der Waals surface area contributed by atoms with E-state index in [0.717, 1.165) is 42.1 Å². The normalized spacial score (nSPS) is 27.2. The van der Waals surface area contributed by atoms with Crippen LogP contribution in [0.4, 0.5) is 5.69 Å². The number of nitrogens with one attached hydrogen (secondary N) is 2. The number of amides is 1. The molecule has 5 rings (SSSR count). The first-order chi connectivity index (χ1) is 14.2. The van der Waals surface area contributed by atoms with Crippen molar-refractivity contribution < 1.29 is 9.53 Å². The fourth-order valence-corrected chi connectivity index (χ4v) is 5.15. The van der Waals surface area contributed by atoms with Gasteiger partial charge in [-0.1, -0.05) is 48.0 Å². The summed E-state index contributed by atoms with van der Waals surface area (Å²) in [5, 5.41) is 7.51. The molecule has 0 saturated carbocycles. The minimum atomic E-state index is -0.0462. The zero-order valence-electron chi connectivity index (χ0n) is 16.2. The third-order valence-electron chi connectivity index (χ3n) is 6.36. The molecule has 1 aliphatic carbocycles. The predicted octanol–water partition coefficient (Wildman–Crippen LogP) is 5.08. The fourth-order valence-electron chi connectivity index (χ4n) is 4.95. The highest BCUT2D eigenvalue weighted by Gasteiger charge is 2.39. The van der Waals surface area contributed by atoms with E-state index in [9.17, 15) is 4.79 Å². The van der Waals surface area contributed by atoms with Gasteiger partial charge in [0.25, 0.3) is 5.91 Å². The molecule has 5 heteroatoms. The lowest BCUT2D eigenvalue weighted by Crippen LogP contribution is -2.34. The van der Waals surface area contributed by atoms with Crippen molar-refractivity contribution in [2.75, 3.05) is 18.5 Å². The highest BCUT2D eigenvalue weighted by molar-refractivity contribution is 6.30. The number of benzene rings is 2. The largest absolute Gasteiger partial charge is 0.377 e. The van der Waals surface area contributed by atoms with Gasteiger partial charge in [0.2, 0.25) is 0 Å². The topological polar surface area (TPSA) is 50.4 Å². The highest BCUT2D eigenvalue weighted by Crippen LogP contribution is 2.50. The minimum Gasteiger partial charge on any atom is -0.377 e. The molecular weight excluding hydrogens is 384 g/mol. The van der Waals surface area contributed by atoms with Crippen molar-refractivity contribution in [2.45, 2.75) is 37.3 Å². The standard InChI is InChI=1S/C24H25ClN2O2/c25-16-6-1-5-15(13-16)22-19-9-2-8-18(19)20-10-3-11-21(23(20)27-22)24(28)26-14-17-7-4-12-29-17/h1-3,5-6,8,10-11,13,17-19,22,27H,4,7,9,12,14H2,(H,26,28). The molecule has 2 heterocycles. The quantitative estimate of drug-likeness (QED) is 0.694. The van der Waals surface area contributed by atoms with Gasteiger partial charge in [-0.2, -0.15) is 0 Å². The number of rotatable bonds is 4. The van der Waals surface area contributed by atoms with Crippen LogP contribution >= 0.6 is 11.6 Å². The van der Waals surface area contributed by atoms with Gasteiger partial charge < -0.3 is 15.4 Å². The monoisotopic (exact) mass is 408 g/mol. The molecule has 0 spiro atoms. The third kappa shape index (κ3) is 3.56. The van der Waals surface area contributed by atoms with Crippen molar-refractivity contribution in [3.8, 4) is 0 Å². The summed E-state index contributed by atoms with van der Waals surface area (Å²) in [6.07, 6.45) is 7.77. The van der Waals surface area contributed by atoms with Gasteiger partial charge >= 0.3 is 0 Å². The lowest BCUT2D eigenvalue weighted by Gasteiger charge is -2.38. The minimum absolute atomic E-state index is 0.0462. The molecule has 4 nitrogen and oxygen atoms in total. The molecular formula is C24H25ClN2O2. The van der Waals surface area contributed by atoms with Gasteiger partial charge in [-0.15, -0.1) is 0 Å². The Kier molecular flexibility index (Phi) is 5.06. The molecule has 4 atom stereocenters. The van der Waals surface area contributed by atoms with E-state index in [1.807, 2.05) is 30.3 Å². The Morgan fingerprint density at radius 1 is 1.24 bits per heavy atom. The van der Waals surface area contributed by atoms with Crippen LogP contribution in [0.2, 0.25) is 5.02 Å². The molecule has 2 N–H and O–H groups in total. The van der Waals surface area contributed by atoms with Crippen LogP contribution in [0, 0.1) is 5.92 Å². The Balaban J connectivity index is 1.46. The van der Waals surface area contributed by atoms with E-state index >= 15 is 0 Å². The Bertz CT molecular complexity index is 952. The molecule has 4 unspecified atom stereocenters. The average molecular weight is 409 g/mol. The fraction of sp³-hybridized carbons (Fsp3) is 0.375. The molecule has 1 amide bonds. The lowest BCUT2D eigenvalue weighted by atomic mass is 9.76. The summed E-state index contributed by atoms with van der Waals surface area (Å²) in [6.45, 7) is 1.35. The average Bonchev–Trinajstić information content (AvgIpc) is 3.43. The number of halogens is 1. The van der Waals surface area contributed by atoms with Gasteiger partial charge in [0.1, 0.15) is 0 Å². The van der Waals surface area contributed by atoms with E-state index < -0.39 is 0 Å². The number of hydrogen-bond acceptors (Lipinski definition) is 3. The van der Waals surface area contributed by atoms with Gasteiger partial charge in [0, 0.05) is 24.1 Å². The second kappa shape index (κ2) is 7.85. The molecule has 29 heavy (non-hydrogen) atoms. The molecule has 0 bridgehead atoms. The Labute approximate surface area is 176 Å². The number of carbonyl (C=O) groups excluding carboxylic acids is 1. The van der Waals surface area contributed by atoms with Crippen LogP contribution in [0.15, 0.2) is 54.6 Å². The molecule has 1 fully saturated rings. The Morgan fingerprint density at radius 2 is 2.14 bits per heavy atom. The van der Waals surface area contributed by atoms with Gasteiger partial charge in [0.15, 0.2) is 0 Å². The number of hydrogen-bond donors (Lipinski definition) is 2. The first-order valence-electron chi connectivity index (χ1n) is 10.4. The molecule has 2 aliphatic heterocycles. The van der Waals surface area contributed by atoms with Crippen molar-refractivity contribution in [2.24, 2.45) is 5.92 Å². The van der Waals surface area contributed by atoms with E-state index in [1.165, 1.54) is 5.56 Å². The number of anilines is 1.